The molecule has 38 heavy (non-hydrogen) atoms. The van der Waals surface area contributed by atoms with E-state index in [9.17, 15) is 13.2 Å². The molecule has 2 N–H and O–H groups in total. The third kappa shape index (κ3) is 5.56. The lowest BCUT2D eigenvalue weighted by atomic mass is 9.83. The largest absolute Gasteiger partial charge is 0.381 e. The first kappa shape index (κ1) is 26.6. The van der Waals surface area contributed by atoms with Gasteiger partial charge in [-0.25, -0.2) is 17.6 Å². The molecular formula is C28H32F5N5. The molecule has 2 aromatic carbocycles. The van der Waals surface area contributed by atoms with Crippen molar-refractivity contribution < 1.29 is 22.0 Å². The van der Waals surface area contributed by atoms with Gasteiger partial charge >= 0.3 is 0 Å². The highest BCUT2D eigenvalue weighted by Gasteiger charge is 2.38. The van der Waals surface area contributed by atoms with E-state index in [1.807, 2.05) is 19.1 Å². The van der Waals surface area contributed by atoms with Crippen LogP contribution in [-0.4, -0.2) is 71.4 Å². The van der Waals surface area contributed by atoms with Crippen LogP contribution >= 0.6 is 0 Å². The zero-order valence-electron chi connectivity index (χ0n) is 21.2. The molecule has 10 heteroatoms. The Kier molecular flexibility index (Phi) is 7.99. The Morgan fingerprint density at radius 2 is 1.92 bits per heavy atom. The summed E-state index contributed by atoms with van der Waals surface area (Å²) in [7, 11) is 0. The third-order valence-corrected chi connectivity index (χ3v) is 7.63. The van der Waals surface area contributed by atoms with Crippen molar-refractivity contribution in [1.82, 2.24) is 20.0 Å². The Morgan fingerprint density at radius 3 is 2.61 bits per heavy atom. The standard InChI is InChI=1S/C28H32F5N5/c1-17-9-19-10-18(20-13-34-35-14-20)3-4-23(19)28(38(17)16-26(32)33)27-24(30)11-22(12-25(27)31)36-21-5-8-37(15-21)7-2-6-29/h3-4,10-14,17,21,26,28,36H,2,5-9,15-16H2,1H3,(H,34,35)/t17-,21?,28+/m1/s1. The summed E-state index contributed by atoms with van der Waals surface area (Å²) in [6.07, 6.45) is 2.51. The second-order valence-electron chi connectivity index (χ2n) is 10.3. The highest BCUT2D eigenvalue weighted by Crippen LogP contribution is 2.42. The molecule has 5 nitrogen and oxygen atoms in total. The van der Waals surface area contributed by atoms with Gasteiger partial charge in [0.15, 0.2) is 0 Å². The second-order valence-corrected chi connectivity index (χ2v) is 10.3. The fourth-order valence-electron chi connectivity index (χ4n) is 5.87. The van der Waals surface area contributed by atoms with Crippen molar-refractivity contribution in [3.05, 3.63) is 71.1 Å². The molecule has 1 aromatic heterocycles. The smallest absolute Gasteiger partial charge is 0.251 e. The number of rotatable bonds is 9. The van der Waals surface area contributed by atoms with Crippen LogP contribution in [0.25, 0.3) is 11.1 Å². The first-order chi connectivity index (χ1) is 18.3. The predicted molar refractivity (Wildman–Crippen MR) is 137 cm³/mol. The normalized spacial score (nSPS) is 22.2. The topological polar surface area (TPSA) is 47.2 Å². The molecule has 0 radical (unpaired) electrons. The SMILES string of the molecule is C[C@@H]1Cc2cc(-c3cn[nH]c3)ccc2[C@@H](c2c(F)cc(NC3CCN(CCCF)C3)cc2F)N1CC(F)F. The molecule has 5 rings (SSSR count). The van der Waals surface area contributed by atoms with E-state index in [2.05, 4.69) is 20.4 Å². The number of halogens is 5. The molecule has 2 aliphatic rings. The van der Waals surface area contributed by atoms with E-state index < -0.39 is 30.6 Å². The molecule has 3 aromatic rings. The minimum atomic E-state index is -2.65. The quantitative estimate of drug-likeness (QED) is 0.341. The number of likely N-dealkylation sites (tertiary alicyclic amines) is 1. The minimum absolute atomic E-state index is 0.00800. The molecule has 0 bridgehead atoms. The van der Waals surface area contributed by atoms with Crippen LogP contribution in [0, 0.1) is 11.6 Å². The Morgan fingerprint density at radius 1 is 1.13 bits per heavy atom. The molecule has 0 spiro atoms. The maximum Gasteiger partial charge on any atom is 0.251 e. The van der Waals surface area contributed by atoms with Crippen LogP contribution in [0.1, 0.15) is 42.5 Å². The lowest BCUT2D eigenvalue weighted by Crippen LogP contribution is -2.45. The zero-order valence-corrected chi connectivity index (χ0v) is 21.2. The van der Waals surface area contributed by atoms with Gasteiger partial charge in [0, 0.05) is 54.7 Å². The molecular weight excluding hydrogens is 501 g/mol. The van der Waals surface area contributed by atoms with Gasteiger partial charge in [0.2, 0.25) is 0 Å². The third-order valence-electron chi connectivity index (χ3n) is 7.63. The minimum Gasteiger partial charge on any atom is -0.381 e. The van der Waals surface area contributed by atoms with E-state index in [1.165, 1.54) is 17.0 Å². The molecule has 0 aliphatic carbocycles. The number of fused-ring (bicyclic) bond motifs is 1. The van der Waals surface area contributed by atoms with E-state index in [-0.39, 0.29) is 24.3 Å². The van der Waals surface area contributed by atoms with Gasteiger partial charge in [0.05, 0.1) is 25.5 Å². The van der Waals surface area contributed by atoms with Crippen LogP contribution in [0.3, 0.4) is 0 Å². The van der Waals surface area contributed by atoms with Gasteiger partial charge in [0.25, 0.3) is 6.43 Å². The Balaban J connectivity index is 1.46. The number of hydrogen-bond acceptors (Lipinski definition) is 4. The molecule has 3 atom stereocenters. The maximum atomic E-state index is 15.7. The number of alkyl halides is 3. The summed E-state index contributed by atoms with van der Waals surface area (Å²) >= 11 is 0. The summed E-state index contributed by atoms with van der Waals surface area (Å²) in [5, 5.41) is 9.95. The molecule has 1 unspecified atom stereocenters. The number of hydrogen-bond donors (Lipinski definition) is 2. The van der Waals surface area contributed by atoms with Crippen molar-refractivity contribution in [2.75, 3.05) is 38.2 Å². The van der Waals surface area contributed by atoms with Crippen LogP contribution in [-0.2, 0) is 6.42 Å². The summed E-state index contributed by atoms with van der Waals surface area (Å²) in [6.45, 7) is 2.95. The first-order valence-electron chi connectivity index (χ1n) is 13.0. The van der Waals surface area contributed by atoms with Gasteiger partial charge in [-0.1, -0.05) is 18.2 Å². The van der Waals surface area contributed by atoms with Gasteiger partial charge in [-0.3, -0.25) is 14.4 Å². The zero-order chi connectivity index (χ0) is 26.8. The molecule has 204 valence electrons. The number of aromatic nitrogens is 2. The average Bonchev–Trinajstić information content (AvgIpc) is 3.56. The van der Waals surface area contributed by atoms with E-state index in [1.54, 1.807) is 18.5 Å². The van der Waals surface area contributed by atoms with E-state index in [0.717, 1.165) is 29.7 Å². The number of nitrogens with one attached hydrogen (secondary N) is 2. The van der Waals surface area contributed by atoms with Crippen LogP contribution in [0.4, 0.5) is 27.6 Å². The Bertz CT molecular complexity index is 1210. The monoisotopic (exact) mass is 533 g/mol. The van der Waals surface area contributed by atoms with Crippen LogP contribution in [0.15, 0.2) is 42.7 Å². The van der Waals surface area contributed by atoms with E-state index >= 15 is 8.78 Å². The lowest BCUT2D eigenvalue weighted by molar-refractivity contribution is 0.0445. The van der Waals surface area contributed by atoms with E-state index in [4.69, 9.17) is 0 Å². The van der Waals surface area contributed by atoms with Crippen molar-refractivity contribution in [1.29, 1.82) is 0 Å². The van der Waals surface area contributed by atoms with Crippen LogP contribution in [0.5, 0.6) is 0 Å². The highest BCUT2D eigenvalue weighted by atomic mass is 19.3. The summed E-state index contributed by atoms with van der Waals surface area (Å²) < 4.78 is 71.1. The van der Waals surface area contributed by atoms with Crippen molar-refractivity contribution in [3.63, 3.8) is 0 Å². The maximum absolute atomic E-state index is 15.7. The van der Waals surface area contributed by atoms with Gasteiger partial charge in [-0.2, -0.15) is 5.10 Å². The van der Waals surface area contributed by atoms with Crippen molar-refractivity contribution >= 4 is 5.69 Å². The Labute approximate surface area is 219 Å². The first-order valence-corrected chi connectivity index (χ1v) is 13.0. The molecule has 3 heterocycles. The summed E-state index contributed by atoms with van der Waals surface area (Å²) in [6, 6.07) is 6.71. The molecule has 1 saturated heterocycles. The van der Waals surface area contributed by atoms with Crippen LogP contribution in [0.2, 0.25) is 0 Å². The number of anilines is 1. The van der Waals surface area contributed by atoms with E-state index in [0.29, 0.717) is 37.2 Å². The van der Waals surface area contributed by atoms with Gasteiger partial charge < -0.3 is 10.2 Å². The molecule has 0 amide bonds. The fourth-order valence-corrected chi connectivity index (χ4v) is 5.87. The van der Waals surface area contributed by atoms with Crippen LogP contribution < -0.4 is 5.32 Å². The van der Waals surface area contributed by atoms with Gasteiger partial charge in [-0.05, 0) is 55.0 Å². The summed E-state index contributed by atoms with van der Waals surface area (Å²) in [5.41, 5.74) is 3.33. The second kappa shape index (κ2) is 11.4. The van der Waals surface area contributed by atoms with Crippen molar-refractivity contribution in [2.45, 2.75) is 50.7 Å². The predicted octanol–water partition coefficient (Wildman–Crippen LogP) is 5.80. The Hall–Kier alpha value is -2.98. The van der Waals surface area contributed by atoms with Crippen molar-refractivity contribution in [2.24, 2.45) is 0 Å². The van der Waals surface area contributed by atoms with Gasteiger partial charge in [0.1, 0.15) is 11.6 Å². The number of aromatic amines is 1. The van der Waals surface area contributed by atoms with Crippen molar-refractivity contribution in [3.8, 4) is 11.1 Å². The fraction of sp³-hybridized carbons (Fsp3) is 0.464. The molecule has 1 fully saturated rings. The summed E-state index contributed by atoms with van der Waals surface area (Å²) in [4.78, 5) is 3.62. The average molecular weight is 534 g/mol. The molecule has 2 aliphatic heterocycles. The number of nitrogens with zero attached hydrogens (tertiary/aromatic N) is 3. The highest BCUT2D eigenvalue weighted by molar-refractivity contribution is 5.64. The van der Waals surface area contributed by atoms with Gasteiger partial charge in [-0.15, -0.1) is 0 Å². The number of H-pyrrole nitrogens is 1. The number of benzene rings is 2. The lowest BCUT2D eigenvalue weighted by Gasteiger charge is -2.42. The summed E-state index contributed by atoms with van der Waals surface area (Å²) in [5.74, 6) is -1.55. The molecule has 0 saturated carbocycles.